The second-order valence-electron chi connectivity index (χ2n) is 5.62. The number of rotatable bonds is 7. The Balaban J connectivity index is 1.63. The smallest absolute Gasteiger partial charge is 0.411 e. The maximum atomic E-state index is 11.8. The predicted octanol–water partition coefficient (Wildman–Crippen LogP) is 3.72. The third-order valence-corrected chi connectivity index (χ3v) is 3.38. The molecule has 0 spiro atoms. The van der Waals surface area contributed by atoms with Crippen molar-refractivity contribution in [1.29, 1.82) is 0 Å². The SMILES string of the molecule is Cc1cccc(NC(=O)NCCCOC(=O)Nc2cccc(N=C=O)c2)c1. The summed E-state index contributed by atoms with van der Waals surface area (Å²) in [6, 6.07) is 13.5. The van der Waals surface area contributed by atoms with Crippen LogP contribution in [0.15, 0.2) is 53.5 Å². The first-order valence-corrected chi connectivity index (χ1v) is 8.30. The summed E-state index contributed by atoms with van der Waals surface area (Å²) >= 11 is 0. The van der Waals surface area contributed by atoms with Crippen LogP contribution in [0, 0.1) is 6.92 Å². The van der Waals surface area contributed by atoms with Crippen LogP contribution < -0.4 is 16.0 Å². The van der Waals surface area contributed by atoms with Gasteiger partial charge in [-0.3, -0.25) is 5.32 Å². The predicted molar refractivity (Wildman–Crippen MR) is 102 cm³/mol. The molecule has 140 valence electrons. The minimum absolute atomic E-state index is 0.142. The van der Waals surface area contributed by atoms with Gasteiger partial charge in [0, 0.05) is 17.9 Å². The summed E-state index contributed by atoms with van der Waals surface area (Å²) in [5.74, 6) is 0. The Morgan fingerprint density at radius 2 is 1.81 bits per heavy atom. The number of urea groups is 1. The lowest BCUT2D eigenvalue weighted by molar-refractivity contribution is 0.160. The van der Waals surface area contributed by atoms with Crippen LogP contribution in [0.5, 0.6) is 0 Å². The van der Waals surface area contributed by atoms with Crippen LogP contribution in [0.2, 0.25) is 0 Å². The number of nitrogens with zero attached hydrogens (tertiary/aromatic N) is 1. The fourth-order valence-electron chi connectivity index (χ4n) is 2.20. The van der Waals surface area contributed by atoms with Gasteiger partial charge in [0.1, 0.15) is 0 Å². The van der Waals surface area contributed by atoms with E-state index < -0.39 is 6.09 Å². The monoisotopic (exact) mass is 368 g/mol. The topological polar surface area (TPSA) is 109 Å². The van der Waals surface area contributed by atoms with Crippen molar-refractivity contribution in [2.75, 3.05) is 23.8 Å². The number of ether oxygens (including phenoxy) is 1. The van der Waals surface area contributed by atoms with Crippen molar-refractivity contribution in [2.45, 2.75) is 13.3 Å². The van der Waals surface area contributed by atoms with E-state index in [1.54, 1.807) is 24.3 Å². The highest BCUT2D eigenvalue weighted by Gasteiger charge is 2.05. The van der Waals surface area contributed by atoms with E-state index in [4.69, 9.17) is 4.74 Å². The molecule has 8 heteroatoms. The third kappa shape index (κ3) is 7.41. The summed E-state index contributed by atoms with van der Waals surface area (Å²) in [6.45, 7) is 2.44. The van der Waals surface area contributed by atoms with E-state index in [9.17, 15) is 14.4 Å². The van der Waals surface area contributed by atoms with Gasteiger partial charge < -0.3 is 15.4 Å². The molecular weight excluding hydrogens is 348 g/mol. The number of anilines is 2. The number of hydrogen-bond donors (Lipinski definition) is 3. The van der Waals surface area contributed by atoms with E-state index in [2.05, 4.69) is 20.9 Å². The largest absolute Gasteiger partial charge is 0.449 e. The molecule has 0 aliphatic carbocycles. The number of hydrogen-bond acceptors (Lipinski definition) is 5. The Hall–Kier alpha value is -3.64. The van der Waals surface area contributed by atoms with E-state index in [1.807, 2.05) is 25.1 Å². The molecule has 2 aromatic carbocycles. The standard InChI is InChI=1S/C19H20N4O4/c1-14-5-2-7-16(11-14)22-18(25)20-9-4-10-27-19(26)23-17-8-3-6-15(12-17)21-13-24/h2-3,5-8,11-12H,4,9-10H2,1H3,(H,23,26)(H2,20,22,25). The molecule has 0 fully saturated rings. The Morgan fingerprint density at radius 3 is 2.56 bits per heavy atom. The van der Waals surface area contributed by atoms with Gasteiger partial charge in [-0.15, -0.1) is 0 Å². The highest BCUT2D eigenvalue weighted by atomic mass is 16.5. The highest BCUT2D eigenvalue weighted by molar-refractivity contribution is 5.89. The third-order valence-electron chi connectivity index (χ3n) is 3.38. The lowest BCUT2D eigenvalue weighted by atomic mass is 10.2. The molecule has 0 atom stereocenters. The molecule has 0 heterocycles. The van der Waals surface area contributed by atoms with E-state index >= 15 is 0 Å². The second kappa shape index (κ2) is 10.4. The lowest BCUT2D eigenvalue weighted by Crippen LogP contribution is -2.30. The Labute approximate surface area is 156 Å². The van der Waals surface area contributed by atoms with Gasteiger partial charge in [-0.1, -0.05) is 18.2 Å². The fraction of sp³-hybridized carbons (Fsp3) is 0.211. The molecule has 0 aliphatic heterocycles. The first-order chi connectivity index (χ1) is 13.1. The Kier molecular flexibility index (Phi) is 7.56. The minimum Gasteiger partial charge on any atom is -0.449 e. The van der Waals surface area contributed by atoms with Crippen LogP contribution in [0.1, 0.15) is 12.0 Å². The second-order valence-corrected chi connectivity index (χ2v) is 5.62. The number of amides is 3. The minimum atomic E-state index is -0.633. The van der Waals surface area contributed by atoms with E-state index in [-0.39, 0.29) is 12.6 Å². The van der Waals surface area contributed by atoms with Crippen LogP contribution in [-0.2, 0) is 9.53 Å². The first kappa shape index (κ1) is 19.7. The molecule has 2 aromatic rings. The molecule has 0 aliphatic rings. The van der Waals surface area contributed by atoms with Crippen LogP contribution in [0.3, 0.4) is 0 Å². The molecule has 0 saturated heterocycles. The van der Waals surface area contributed by atoms with Gasteiger partial charge >= 0.3 is 12.1 Å². The van der Waals surface area contributed by atoms with Gasteiger partial charge in [0.15, 0.2) is 0 Å². The zero-order valence-corrected chi connectivity index (χ0v) is 14.8. The molecule has 0 aromatic heterocycles. The zero-order chi connectivity index (χ0) is 19.5. The van der Waals surface area contributed by atoms with Crippen LogP contribution in [0.25, 0.3) is 0 Å². The molecule has 0 saturated carbocycles. The van der Waals surface area contributed by atoms with E-state index in [0.29, 0.717) is 30.0 Å². The Morgan fingerprint density at radius 1 is 1.07 bits per heavy atom. The summed E-state index contributed by atoms with van der Waals surface area (Å²) in [5, 5.41) is 7.94. The number of benzene rings is 2. The van der Waals surface area contributed by atoms with E-state index in [0.717, 1.165) is 5.56 Å². The molecule has 0 radical (unpaired) electrons. The van der Waals surface area contributed by atoms with Gasteiger partial charge in [-0.05, 0) is 49.2 Å². The number of carbonyl (C=O) groups is 2. The summed E-state index contributed by atoms with van der Waals surface area (Å²) in [5.41, 5.74) is 2.60. The normalized spacial score (nSPS) is 9.67. The van der Waals surface area contributed by atoms with Crippen LogP contribution >= 0.6 is 0 Å². The van der Waals surface area contributed by atoms with E-state index in [1.165, 1.54) is 12.1 Å². The summed E-state index contributed by atoms with van der Waals surface area (Å²) in [4.78, 5) is 37.2. The maximum Gasteiger partial charge on any atom is 0.411 e. The summed E-state index contributed by atoms with van der Waals surface area (Å²) < 4.78 is 5.03. The average molecular weight is 368 g/mol. The van der Waals surface area contributed by atoms with Crippen molar-refractivity contribution in [2.24, 2.45) is 4.99 Å². The van der Waals surface area contributed by atoms with Crippen molar-refractivity contribution >= 4 is 35.3 Å². The van der Waals surface area contributed by atoms with Crippen molar-refractivity contribution < 1.29 is 19.1 Å². The Bertz CT molecular complexity index is 847. The van der Waals surface area contributed by atoms with Gasteiger partial charge in [-0.2, -0.15) is 4.99 Å². The number of nitrogens with one attached hydrogen (secondary N) is 3. The molecule has 27 heavy (non-hydrogen) atoms. The molecule has 0 unspecified atom stereocenters. The molecule has 8 nitrogen and oxygen atoms in total. The number of aryl methyl sites for hydroxylation is 1. The maximum absolute atomic E-state index is 11.8. The highest BCUT2D eigenvalue weighted by Crippen LogP contribution is 2.17. The molecule has 3 N–H and O–H groups in total. The van der Waals surface area contributed by atoms with Gasteiger partial charge in [0.05, 0.1) is 12.3 Å². The fourth-order valence-corrected chi connectivity index (χ4v) is 2.20. The summed E-state index contributed by atoms with van der Waals surface area (Å²) in [7, 11) is 0. The van der Waals surface area contributed by atoms with Gasteiger partial charge in [-0.25, -0.2) is 14.4 Å². The number of carbonyl (C=O) groups excluding carboxylic acids is 3. The van der Waals surface area contributed by atoms with Crippen molar-refractivity contribution in [3.8, 4) is 0 Å². The number of isocyanates is 1. The average Bonchev–Trinajstić information content (AvgIpc) is 2.62. The lowest BCUT2D eigenvalue weighted by Gasteiger charge is -2.09. The van der Waals surface area contributed by atoms with Gasteiger partial charge in [0.2, 0.25) is 6.08 Å². The van der Waals surface area contributed by atoms with Crippen molar-refractivity contribution in [1.82, 2.24) is 5.32 Å². The number of aliphatic imine (C=N–C) groups is 1. The van der Waals surface area contributed by atoms with Crippen LogP contribution in [0.4, 0.5) is 26.7 Å². The quantitative estimate of drug-likeness (QED) is 0.393. The zero-order valence-electron chi connectivity index (χ0n) is 14.8. The van der Waals surface area contributed by atoms with Crippen molar-refractivity contribution in [3.63, 3.8) is 0 Å². The molecule has 2 rings (SSSR count). The molecular formula is C19H20N4O4. The summed E-state index contributed by atoms with van der Waals surface area (Å²) in [6.07, 6.45) is 1.26. The molecule has 0 bridgehead atoms. The van der Waals surface area contributed by atoms with Crippen molar-refractivity contribution in [3.05, 3.63) is 54.1 Å². The first-order valence-electron chi connectivity index (χ1n) is 8.30. The van der Waals surface area contributed by atoms with Gasteiger partial charge in [0.25, 0.3) is 0 Å². The molecule has 3 amide bonds. The van der Waals surface area contributed by atoms with Crippen LogP contribution in [-0.4, -0.2) is 31.4 Å².